The van der Waals surface area contributed by atoms with E-state index in [1.54, 1.807) is 0 Å². The predicted molar refractivity (Wildman–Crippen MR) is 107 cm³/mol. The molecule has 27 heavy (non-hydrogen) atoms. The normalized spacial score (nSPS) is 10.9. The first-order chi connectivity index (χ1) is 13.3. The van der Waals surface area contributed by atoms with Gasteiger partial charge in [0.25, 0.3) is 5.88 Å². The van der Waals surface area contributed by atoms with Crippen LogP contribution in [0.25, 0.3) is 11.2 Å². The number of hydrogen-bond donors (Lipinski definition) is 2. The molecule has 0 amide bonds. The summed E-state index contributed by atoms with van der Waals surface area (Å²) in [6.45, 7) is 2.16. The summed E-state index contributed by atoms with van der Waals surface area (Å²) in [4.78, 5) is 17.1. The molecule has 2 aromatic heterocycles. The Bertz CT molecular complexity index is 1010. The zero-order chi connectivity index (χ0) is 18.5. The van der Waals surface area contributed by atoms with Gasteiger partial charge in [-0.1, -0.05) is 49.7 Å². The fraction of sp³-hybridized carbons (Fsp3) is 0.190. The highest BCUT2D eigenvalue weighted by Gasteiger charge is 2.15. The van der Waals surface area contributed by atoms with Gasteiger partial charge in [0.2, 0.25) is 5.95 Å². The lowest BCUT2D eigenvalue weighted by molar-refractivity contribution is 0.468. The molecule has 4 rings (SSSR count). The van der Waals surface area contributed by atoms with E-state index in [0.717, 1.165) is 30.8 Å². The number of fused-ring (bicyclic) bond motifs is 1. The minimum Gasteiger partial charge on any atom is -0.437 e. The molecule has 0 saturated carbocycles. The molecule has 0 aliphatic heterocycles. The van der Waals surface area contributed by atoms with Crippen LogP contribution in [0, 0.1) is 0 Å². The third-order valence-electron chi connectivity index (χ3n) is 4.12. The summed E-state index contributed by atoms with van der Waals surface area (Å²) in [5, 5.41) is 3.22. The summed E-state index contributed by atoms with van der Waals surface area (Å²) < 4.78 is 6.03. The van der Waals surface area contributed by atoms with Gasteiger partial charge in [0.15, 0.2) is 5.65 Å². The van der Waals surface area contributed by atoms with Crippen LogP contribution >= 0.6 is 0 Å². The van der Waals surface area contributed by atoms with Gasteiger partial charge in [0.05, 0.1) is 0 Å². The molecule has 6 nitrogen and oxygen atoms in total. The zero-order valence-electron chi connectivity index (χ0n) is 15.1. The van der Waals surface area contributed by atoms with Gasteiger partial charge < -0.3 is 15.0 Å². The van der Waals surface area contributed by atoms with Crippen LogP contribution in [0.2, 0.25) is 0 Å². The number of unbranched alkanes of at least 4 members (excludes halogenated alkanes) is 1. The second kappa shape index (κ2) is 7.86. The minimum atomic E-state index is 0.452. The highest BCUT2D eigenvalue weighted by Crippen LogP contribution is 2.28. The molecule has 0 radical (unpaired) electrons. The van der Waals surface area contributed by atoms with Crippen molar-refractivity contribution in [2.45, 2.75) is 26.2 Å². The van der Waals surface area contributed by atoms with E-state index >= 15 is 0 Å². The van der Waals surface area contributed by atoms with E-state index in [-0.39, 0.29) is 0 Å². The summed E-state index contributed by atoms with van der Waals surface area (Å²) in [5.41, 5.74) is 2.22. The maximum absolute atomic E-state index is 6.03. The average molecular weight is 359 g/mol. The van der Waals surface area contributed by atoms with Gasteiger partial charge in [-0.2, -0.15) is 9.97 Å². The molecule has 136 valence electrons. The summed E-state index contributed by atoms with van der Waals surface area (Å²) in [6, 6.07) is 19.4. The standard InChI is InChI=1S/C21H21N5O/c1-2-3-14-17-23-18-19(24-17)25-21(22-15-10-6-4-7-11-15)26-20(18)27-16-12-8-5-9-13-16/h4-13H,2-3,14H2,1H3,(H2,22,23,24,25,26). The molecule has 0 bridgehead atoms. The molecule has 0 aliphatic rings. The van der Waals surface area contributed by atoms with Gasteiger partial charge >= 0.3 is 0 Å². The first kappa shape index (κ1) is 17.0. The maximum Gasteiger partial charge on any atom is 0.250 e. The predicted octanol–water partition coefficient (Wildman–Crippen LogP) is 5.23. The van der Waals surface area contributed by atoms with Crippen molar-refractivity contribution < 1.29 is 4.74 Å². The van der Waals surface area contributed by atoms with Crippen molar-refractivity contribution in [1.82, 2.24) is 19.9 Å². The number of anilines is 2. The van der Waals surface area contributed by atoms with Crippen LogP contribution in [0.1, 0.15) is 25.6 Å². The van der Waals surface area contributed by atoms with Crippen molar-refractivity contribution in [3.05, 3.63) is 66.5 Å². The van der Waals surface area contributed by atoms with E-state index in [2.05, 4.69) is 32.2 Å². The van der Waals surface area contributed by atoms with E-state index in [1.807, 2.05) is 60.7 Å². The Kier molecular flexibility index (Phi) is 4.96. The SMILES string of the molecule is CCCCc1nc2nc(Nc3ccccc3)nc(Oc3ccccc3)c2[nH]1. The number of imidazole rings is 1. The zero-order valence-corrected chi connectivity index (χ0v) is 15.1. The molecule has 0 aliphatic carbocycles. The van der Waals surface area contributed by atoms with Gasteiger partial charge in [-0.25, -0.2) is 4.98 Å². The third kappa shape index (κ3) is 4.06. The largest absolute Gasteiger partial charge is 0.437 e. The molecule has 0 spiro atoms. The van der Waals surface area contributed by atoms with Gasteiger partial charge in [-0.3, -0.25) is 0 Å². The lowest BCUT2D eigenvalue weighted by atomic mass is 10.2. The van der Waals surface area contributed by atoms with E-state index in [4.69, 9.17) is 4.74 Å². The Labute approximate surface area is 157 Å². The molecule has 0 saturated heterocycles. The molecule has 0 atom stereocenters. The smallest absolute Gasteiger partial charge is 0.250 e. The molecule has 0 fully saturated rings. The van der Waals surface area contributed by atoms with Crippen LogP contribution in [-0.2, 0) is 6.42 Å². The molecule has 2 N–H and O–H groups in total. The summed E-state index contributed by atoms with van der Waals surface area (Å²) >= 11 is 0. The number of nitrogens with one attached hydrogen (secondary N) is 2. The van der Waals surface area contributed by atoms with Crippen molar-refractivity contribution in [3.8, 4) is 11.6 Å². The number of aromatic amines is 1. The lowest BCUT2D eigenvalue weighted by Gasteiger charge is -2.08. The molecular formula is C21H21N5O. The third-order valence-corrected chi connectivity index (χ3v) is 4.12. The first-order valence-electron chi connectivity index (χ1n) is 9.13. The van der Waals surface area contributed by atoms with E-state index in [9.17, 15) is 0 Å². The van der Waals surface area contributed by atoms with Crippen molar-refractivity contribution >= 4 is 22.8 Å². The number of para-hydroxylation sites is 2. The van der Waals surface area contributed by atoms with Crippen LogP contribution < -0.4 is 10.1 Å². The molecule has 6 heteroatoms. The Morgan fingerprint density at radius 1 is 0.926 bits per heavy atom. The quantitative estimate of drug-likeness (QED) is 0.472. The molecule has 0 unspecified atom stereocenters. The monoisotopic (exact) mass is 359 g/mol. The van der Waals surface area contributed by atoms with E-state index in [0.29, 0.717) is 28.7 Å². The number of H-pyrrole nitrogens is 1. The van der Waals surface area contributed by atoms with Crippen molar-refractivity contribution in [2.75, 3.05) is 5.32 Å². The number of rotatable bonds is 7. The average Bonchev–Trinajstić information content (AvgIpc) is 3.11. The number of aryl methyl sites for hydroxylation is 1. The lowest BCUT2D eigenvalue weighted by Crippen LogP contribution is -2.00. The number of ether oxygens (including phenoxy) is 1. The topological polar surface area (TPSA) is 75.7 Å². The fourth-order valence-corrected chi connectivity index (χ4v) is 2.76. The number of benzene rings is 2. The van der Waals surface area contributed by atoms with Gasteiger partial charge in [-0.15, -0.1) is 0 Å². The summed E-state index contributed by atoms with van der Waals surface area (Å²) in [7, 11) is 0. The Morgan fingerprint density at radius 3 is 2.41 bits per heavy atom. The Hall–Kier alpha value is -3.41. The summed E-state index contributed by atoms with van der Waals surface area (Å²) in [6.07, 6.45) is 3.05. The van der Waals surface area contributed by atoms with Crippen molar-refractivity contribution in [2.24, 2.45) is 0 Å². The van der Waals surface area contributed by atoms with E-state index in [1.165, 1.54) is 0 Å². The van der Waals surface area contributed by atoms with Crippen LogP contribution in [0.5, 0.6) is 11.6 Å². The number of nitrogens with zero attached hydrogens (tertiary/aromatic N) is 3. The molecule has 2 heterocycles. The second-order valence-corrected chi connectivity index (χ2v) is 6.24. The molecule has 2 aromatic carbocycles. The second-order valence-electron chi connectivity index (χ2n) is 6.24. The van der Waals surface area contributed by atoms with Gasteiger partial charge in [0, 0.05) is 12.1 Å². The fourth-order valence-electron chi connectivity index (χ4n) is 2.76. The Balaban J connectivity index is 1.73. The van der Waals surface area contributed by atoms with Crippen LogP contribution in [0.4, 0.5) is 11.6 Å². The van der Waals surface area contributed by atoms with E-state index < -0.39 is 0 Å². The number of hydrogen-bond acceptors (Lipinski definition) is 5. The molecule has 4 aromatic rings. The molecular weight excluding hydrogens is 338 g/mol. The summed E-state index contributed by atoms with van der Waals surface area (Å²) in [5.74, 6) is 2.52. The number of aromatic nitrogens is 4. The van der Waals surface area contributed by atoms with Crippen molar-refractivity contribution in [3.63, 3.8) is 0 Å². The van der Waals surface area contributed by atoms with Crippen LogP contribution in [0.15, 0.2) is 60.7 Å². The maximum atomic E-state index is 6.03. The first-order valence-corrected chi connectivity index (χ1v) is 9.13. The van der Waals surface area contributed by atoms with Gasteiger partial charge in [0.1, 0.15) is 17.1 Å². The van der Waals surface area contributed by atoms with Gasteiger partial charge in [-0.05, 0) is 30.7 Å². The highest BCUT2D eigenvalue weighted by atomic mass is 16.5. The highest BCUT2D eigenvalue weighted by molar-refractivity contribution is 5.78. The van der Waals surface area contributed by atoms with Crippen molar-refractivity contribution in [1.29, 1.82) is 0 Å². The van der Waals surface area contributed by atoms with Crippen LogP contribution in [-0.4, -0.2) is 19.9 Å². The van der Waals surface area contributed by atoms with Crippen LogP contribution in [0.3, 0.4) is 0 Å². The minimum absolute atomic E-state index is 0.452. The Morgan fingerprint density at radius 2 is 1.67 bits per heavy atom.